The molecule has 2 aliphatic heterocycles. The Morgan fingerprint density at radius 3 is 2.44 bits per heavy atom. The first-order chi connectivity index (χ1) is 11.8. The van der Waals surface area contributed by atoms with E-state index in [2.05, 4.69) is 0 Å². The van der Waals surface area contributed by atoms with Crippen molar-refractivity contribution >= 4 is 27.5 Å². The predicted octanol–water partition coefficient (Wildman–Crippen LogP) is 1.77. The van der Waals surface area contributed by atoms with E-state index in [0.717, 1.165) is 17.7 Å². The SMILES string of the molecule is COc1ccc(S(=O)(=O)N2CCC[C@H](C)C2)cc1N1C(=O)CCC1=O. The summed E-state index contributed by atoms with van der Waals surface area (Å²) in [6.45, 7) is 2.99. The fraction of sp³-hybridized carbons (Fsp3) is 0.529. The molecule has 8 heteroatoms. The van der Waals surface area contributed by atoms with Crippen LogP contribution in [0, 0.1) is 5.92 Å². The minimum absolute atomic E-state index is 0.0740. The van der Waals surface area contributed by atoms with Gasteiger partial charge in [-0.05, 0) is 37.0 Å². The summed E-state index contributed by atoms with van der Waals surface area (Å²) >= 11 is 0. The standard InChI is InChI=1S/C17H22N2O5S/c1-12-4-3-9-18(11-12)25(22,23)13-5-6-15(24-2)14(10-13)19-16(20)7-8-17(19)21/h5-6,10,12H,3-4,7-9,11H2,1-2H3/t12-/m0/s1. The number of rotatable bonds is 4. The molecule has 0 spiro atoms. The van der Waals surface area contributed by atoms with Crippen LogP contribution in [0.15, 0.2) is 23.1 Å². The number of anilines is 1. The summed E-state index contributed by atoms with van der Waals surface area (Å²) in [7, 11) is -2.26. The van der Waals surface area contributed by atoms with Gasteiger partial charge in [0.05, 0.1) is 17.7 Å². The van der Waals surface area contributed by atoms with Gasteiger partial charge in [0, 0.05) is 25.9 Å². The number of carbonyl (C=O) groups excluding carboxylic acids is 2. The number of piperidine rings is 1. The van der Waals surface area contributed by atoms with Gasteiger partial charge in [0.25, 0.3) is 0 Å². The molecule has 2 fully saturated rings. The molecule has 0 N–H and O–H groups in total. The number of sulfonamides is 1. The molecule has 0 aromatic heterocycles. The van der Waals surface area contributed by atoms with E-state index in [1.54, 1.807) is 0 Å². The lowest BCUT2D eigenvalue weighted by molar-refractivity contribution is -0.121. The van der Waals surface area contributed by atoms with Crippen LogP contribution in [-0.2, 0) is 19.6 Å². The normalized spacial score (nSPS) is 22.5. The van der Waals surface area contributed by atoms with Crippen molar-refractivity contribution in [3.8, 4) is 5.75 Å². The lowest BCUT2D eigenvalue weighted by atomic mass is 10.0. The lowest BCUT2D eigenvalue weighted by Gasteiger charge is -2.30. The molecule has 2 heterocycles. The number of nitrogens with zero attached hydrogens (tertiary/aromatic N) is 2. The zero-order valence-electron chi connectivity index (χ0n) is 14.4. The Balaban J connectivity index is 2.02. The van der Waals surface area contributed by atoms with Gasteiger partial charge in [-0.2, -0.15) is 4.31 Å². The molecule has 7 nitrogen and oxygen atoms in total. The topological polar surface area (TPSA) is 84.0 Å². The number of imide groups is 1. The van der Waals surface area contributed by atoms with Gasteiger partial charge in [-0.1, -0.05) is 6.92 Å². The van der Waals surface area contributed by atoms with Crippen molar-refractivity contribution in [2.75, 3.05) is 25.1 Å². The molecule has 0 radical (unpaired) electrons. The molecule has 0 aliphatic carbocycles. The van der Waals surface area contributed by atoms with E-state index in [1.807, 2.05) is 6.92 Å². The molecule has 0 saturated carbocycles. The van der Waals surface area contributed by atoms with E-state index in [0.29, 0.717) is 24.8 Å². The minimum Gasteiger partial charge on any atom is -0.495 e. The Labute approximate surface area is 147 Å². The van der Waals surface area contributed by atoms with Gasteiger partial charge in [0.15, 0.2) is 0 Å². The molecule has 2 amide bonds. The van der Waals surface area contributed by atoms with Crippen LogP contribution < -0.4 is 9.64 Å². The van der Waals surface area contributed by atoms with Crippen LogP contribution in [0.5, 0.6) is 5.75 Å². The second kappa shape index (κ2) is 6.76. The summed E-state index contributed by atoms with van der Waals surface area (Å²) in [5.41, 5.74) is 0.195. The number of ether oxygens (including phenoxy) is 1. The number of benzene rings is 1. The summed E-state index contributed by atoms with van der Waals surface area (Å²) in [4.78, 5) is 25.2. The van der Waals surface area contributed by atoms with Crippen molar-refractivity contribution in [1.29, 1.82) is 0 Å². The minimum atomic E-state index is -3.68. The van der Waals surface area contributed by atoms with Crippen LogP contribution in [0.2, 0.25) is 0 Å². The molecule has 0 bridgehead atoms. The predicted molar refractivity (Wildman–Crippen MR) is 91.9 cm³/mol. The van der Waals surface area contributed by atoms with E-state index in [1.165, 1.54) is 29.6 Å². The quantitative estimate of drug-likeness (QED) is 0.758. The van der Waals surface area contributed by atoms with Crippen LogP contribution in [0.4, 0.5) is 5.69 Å². The molecule has 2 saturated heterocycles. The van der Waals surface area contributed by atoms with Gasteiger partial charge < -0.3 is 4.74 Å². The number of amides is 2. The van der Waals surface area contributed by atoms with Gasteiger partial charge in [-0.15, -0.1) is 0 Å². The number of methoxy groups -OCH3 is 1. The monoisotopic (exact) mass is 366 g/mol. The summed E-state index contributed by atoms with van der Waals surface area (Å²) in [6, 6.07) is 4.32. The summed E-state index contributed by atoms with van der Waals surface area (Å²) in [5, 5.41) is 0. The second-order valence-corrected chi connectivity index (χ2v) is 8.50. The Bertz CT molecular complexity index is 789. The van der Waals surface area contributed by atoms with Crippen molar-refractivity contribution in [1.82, 2.24) is 4.31 Å². The van der Waals surface area contributed by atoms with E-state index in [9.17, 15) is 18.0 Å². The van der Waals surface area contributed by atoms with Crippen molar-refractivity contribution in [2.24, 2.45) is 5.92 Å². The Kier molecular flexibility index (Phi) is 4.83. The molecule has 0 unspecified atom stereocenters. The first-order valence-electron chi connectivity index (χ1n) is 8.38. The maximum atomic E-state index is 13.0. The Morgan fingerprint density at radius 1 is 1.16 bits per heavy atom. The third-order valence-electron chi connectivity index (χ3n) is 4.70. The van der Waals surface area contributed by atoms with Gasteiger partial charge in [-0.3, -0.25) is 9.59 Å². The van der Waals surface area contributed by atoms with Crippen molar-refractivity contribution in [2.45, 2.75) is 37.5 Å². The highest BCUT2D eigenvalue weighted by Gasteiger charge is 2.34. The highest BCUT2D eigenvalue weighted by Crippen LogP contribution is 2.35. The largest absolute Gasteiger partial charge is 0.495 e. The van der Waals surface area contributed by atoms with Crippen LogP contribution in [0.3, 0.4) is 0 Å². The van der Waals surface area contributed by atoms with Gasteiger partial charge >= 0.3 is 0 Å². The molecule has 25 heavy (non-hydrogen) atoms. The van der Waals surface area contributed by atoms with Crippen molar-refractivity contribution in [3.63, 3.8) is 0 Å². The fourth-order valence-electron chi connectivity index (χ4n) is 3.36. The van der Waals surface area contributed by atoms with E-state index in [4.69, 9.17) is 4.74 Å². The number of hydrogen-bond donors (Lipinski definition) is 0. The third kappa shape index (κ3) is 3.28. The second-order valence-electron chi connectivity index (χ2n) is 6.57. The van der Waals surface area contributed by atoms with Gasteiger partial charge in [0.1, 0.15) is 5.75 Å². The molecular weight excluding hydrogens is 344 g/mol. The lowest BCUT2D eigenvalue weighted by Crippen LogP contribution is -2.39. The van der Waals surface area contributed by atoms with Gasteiger partial charge in [0.2, 0.25) is 21.8 Å². The zero-order valence-corrected chi connectivity index (χ0v) is 15.2. The highest BCUT2D eigenvalue weighted by atomic mass is 32.2. The average molecular weight is 366 g/mol. The fourth-order valence-corrected chi connectivity index (χ4v) is 4.98. The smallest absolute Gasteiger partial charge is 0.243 e. The van der Waals surface area contributed by atoms with Crippen molar-refractivity contribution in [3.05, 3.63) is 18.2 Å². The maximum Gasteiger partial charge on any atom is 0.243 e. The molecule has 1 atom stereocenters. The Morgan fingerprint density at radius 2 is 1.84 bits per heavy atom. The molecule has 2 aliphatic rings. The highest BCUT2D eigenvalue weighted by molar-refractivity contribution is 7.89. The van der Waals surface area contributed by atoms with Gasteiger partial charge in [-0.25, -0.2) is 13.3 Å². The molecule has 136 valence electrons. The van der Waals surface area contributed by atoms with Crippen LogP contribution in [0.25, 0.3) is 0 Å². The maximum absolute atomic E-state index is 13.0. The average Bonchev–Trinajstić information content (AvgIpc) is 2.92. The molecule has 3 rings (SSSR count). The Hall–Kier alpha value is -1.93. The van der Waals surface area contributed by atoms with Crippen LogP contribution >= 0.6 is 0 Å². The first kappa shape index (κ1) is 17.9. The summed E-state index contributed by atoms with van der Waals surface area (Å²) in [6.07, 6.45) is 2.09. The van der Waals surface area contributed by atoms with Crippen LogP contribution in [-0.4, -0.2) is 44.7 Å². The molecule has 1 aromatic rings. The summed E-state index contributed by atoms with van der Waals surface area (Å²) in [5.74, 6) is -0.0774. The number of carbonyl (C=O) groups is 2. The van der Waals surface area contributed by atoms with E-state index < -0.39 is 10.0 Å². The zero-order chi connectivity index (χ0) is 18.2. The first-order valence-corrected chi connectivity index (χ1v) is 9.82. The van der Waals surface area contributed by atoms with Crippen LogP contribution in [0.1, 0.15) is 32.6 Å². The molecule has 1 aromatic carbocycles. The molecular formula is C17H22N2O5S. The van der Waals surface area contributed by atoms with E-state index in [-0.39, 0.29) is 35.2 Å². The summed E-state index contributed by atoms with van der Waals surface area (Å²) < 4.78 is 32.6. The van der Waals surface area contributed by atoms with E-state index >= 15 is 0 Å². The van der Waals surface area contributed by atoms with Crippen molar-refractivity contribution < 1.29 is 22.7 Å². The third-order valence-corrected chi connectivity index (χ3v) is 6.56. The number of hydrogen-bond acceptors (Lipinski definition) is 5.